The molecule has 6 heteroatoms. The van der Waals surface area contributed by atoms with Crippen molar-refractivity contribution < 1.29 is 0 Å². The molecular weight excluding hydrogens is 521 g/mol. The van der Waals surface area contributed by atoms with Crippen molar-refractivity contribution >= 4 is 68.8 Å². The van der Waals surface area contributed by atoms with Crippen molar-refractivity contribution in [3.05, 3.63) is 35.4 Å². The molecule has 2 heterocycles. The van der Waals surface area contributed by atoms with Crippen molar-refractivity contribution in [3.63, 3.8) is 0 Å². The molecule has 1 nitrogen and oxygen atoms in total. The second-order valence-electron chi connectivity index (χ2n) is 4.73. The molecule has 3 rings (SSSR count). The molecule has 19 heavy (non-hydrogen) atoms. The number of halogens is 1. The summed E-state index contributed by atoms with van der Waals surface area (Å²) >= 11 is 8.65. The number of thiocarbonyl (C=S) groups is 1. The van der Waals surface area contributed by atoms with E-state index in [1.165, 1.54) is 24.8 Å². The van der Waals surface area contributed by atoms with Crippen LogP contribution in [0.4, 0.5) is 0 Å². The third kappa shape index (κ3) is 3.75. The average molecular weight is 537 g/mol. The molecule has 0 aromatic heterocycles. The van der Waals surface area contributed by atoms with Gasteiger partial charge in [0.15, 0.2) is 0 Å². The van der Waals surface area contributed by atoms with Crippen LogP contribution in [0.3, 0.4) is 0 Å². The number of nitrogens with zero attached hydrogens (tertiary/aromatic N) is 1. The molecule has 0 spiro atoms. The van der Waals surface area contributed by atoms with E-state index >= 15 is 0 Å². The van der Waals surface area contributed by atoms with E-state index in [-0.39, 0.29) is 0 Å². The summed E-state index contributed by atoms with van der Waals surface area (Å²) in [6, 6.07) is 8.97. The van der Waals surface area contributed by atoms with Crippen molar-refractivity contribution in [1.82, 2.24) is 4.90 Å². The van der Waals surface area contributed by atoms with Gasteiger partial charge in [0.25, 0.3) is 0 Å². The summed E-state index contributed by atoms with van der Waals surface area (Å²) in [6.45, 7) is 2.30. The van der Waals surface area contributed by atoms with Crippen LogP contribution in [-0.2, 0) is 8.94 Å². The van der Waals surface area contributed by atoms with Gasteiger partial charge in [-0.3, -0.25) is 0 Å². The maximum absolute atomic E-state index is 5.72. The SMILES string of the molecule is S=C(S[Te]1(I)Cc2ccccc2C1)N1CCSCC1. The van der Waals surface area contributed by atoms with Crippen molar-refractivity contribution in [2.24, 2.45) is 0 Å². The molecule has 0 atom stereocenters. The van der Waals surface area contributed by atoms with Gasteiger partial charge in [0.2, 0.25) is 0 Å². The Hall–Kier alpha value is 1.33. The van der Waals surface area contributed by atoms with E-state index < -0.39 is 12.9 Å². The third-order valence-corrected chi connectivity index (χ3v) is 24.0. The van der Waals surface area contributed by atoms with Crippen molar-refractivity contribution in [2.45, 2.75) is 8.94 Å². The number of rotatable bonds is 1. The summed E-state index contributed by atoms with van der Waals surface area (Å²) in [4.78, 5) is 2.44. The second kappa shape index (κ2) is 6.62. The molecule has 0 bridgehead atoms. The maximum atomic E-state index is 5.72. The fraction of sp³-hybridized carbons (Fsp3) is 0.462. The summed E-state index contributed by atoms with van der Waals surface area (Å²) < 4.78 is 3.84. The zero-order chi connectivity index (χ0) is 13.3. The van der Waals surface area contributed by atoms with Crippen molar-refractivity contribution in [1.29, 1.82) is 0 Å². The van der Waals surface area contributed by atoms with E-state index in [9.17, 15) is 0 Å². The fourth-order valence-electron chi connectivity index (χ4n) is 2.34. The van der Waals surface area contributed by atoms with Crippen LogP contribution in [-0.4, -0.2) is 46.7 Å². The quantitative estimate of drug-likeness (QED) is 0.305. The Kier molecular flexibility index (Phi) is 5.30. The van der Waals surface area contributed by atoms with Crippen LogP contribution in [0.15, 0.2) is 24.3 Å². The van der Waals surface area contributed by atoms with Crippen LogP contribution in [0.1, 0.15) is 11.1 Å². The van der Waals surface area contributed by atoms with Gasteiger partial charge in [-0.1, -0.05) is 0 Å². The molecule has 1 saturated heterocycles. The molecule has 0 N–H and O–H groups in total. The van der Waals surface area contributed by atoms with Crippen LogP contribution in [0.5, 0.6) is 0 Å². The van der Waals surface area contributed by atoms with Gasteiger partial charge in [-0.25, -0.2) is 0 Å². The van der Waals surface area contributed by atoms with Crippen LogP contribution < -0.4 is 0 Å². The first kappa shape index (κ1) is 15.2. The Labute approximate surface area is 141 Å². The van der Waals surface area contributed by atoms with Crippen LogP contribution >= 0.6 is 51.7 Å². The van der Waals surface area contributed by atoms with Crippen LogP contribution in [0, 0.1) is 0 Å². The Bertz CT molecular complexity index is 466. The molecule has 0 radical (unpaired) electrons. The average Bonchev–Trinajstić information content (AvgIpc) is 2.75. The molecule has 0 saturated carbocycles. The van der Waals surface area contributed by atoms with E-state index in [0.29, 0.717) is 0 Å². The molecule has 2 aliphatic heterocycles. The number of fused-ring (bicyclic) bond motifs is 1. The Morgan fingerprint density at radius 3 is 2.37 bits per heavy atom. The normalized spacial score (nSPS) is 22.9. The van der Waals surface area contributed by atoms with E-state index in [2.05, 4.69) is 68.6 Å². The van der Waals surface area contributed by atoms with Gasteiger partial charge >= 0.3 is 143 Å². The minimum atomic E-state index is -1.92. The molecular formula is C13H16INS3Te. The number of benzene rings is 1. The topological polar surface area (TPSA) is 3.24 Å². The summed E-state index contributed by atoms with van der Waals surface area (Å²) in [5, 5.41) is 0. The van der Waals surface area contributed by atoms with Gasteiger partial charge in [0.05, 0.1) is 0 Å². The summed E-state index contributed by atoms with van der Waals surface area (Å²) in [5.41, 5.74) is 3.17. The van der Waals surface area contributed by atoms with E-state index in [1.54, 1.807) is 11.1 Å². The molecule has 1 aromatic carbocycles. The minimum absolute atomic E-state index is 1.15. The molecule has 0 amide bonds. The van der Waals surface area contributed by atoms with Gasteiger partial charge in [0.1, 0.15) is 0 Å². The van der Waals surface area contributed by atoms with Crippen LogP contribution in [0.25, 0.3) is 0 Å². The van der Waals surface area contributed by atoms with Gasteiger partial charge in [-0.05, 0) is 0 Å². The molecule has 104 valence electrons. The van der Waals surface area contributed by atoms with E-state index in [0.717, 1.165) is 13.1 Å². The molecule has 0 unspecified atom stereocenters. The fourth-order valence-corrected chi connectivity index (χ4v) is 27.4. The van der Waals surface area contributed by atoms with E-state index in [4.69, 9.17) is 12.2 Å². The van der Waals surface area contributed by atoms with Crippen molar-refractivity contribution in [3.8, 4) is 0 Å². The third-order valence-electron chi connectivity index (χ3n) is 3.35. The predicted octanol–water partition coefficient (Wildman–Crippen LogP) is 3.81. The van der Waals surface area contributed by atoms with Crippen molar-refractivity contribution in [2.75, 3.05) is 24.6 Å². The zero-order valence-electron chi connectivity index (χ0n) is 10.5. The van der Waals surface area contributed by atoms with Gasteiger partial charge in [0, 0.05) is 0 Å². The number of thioether (sulfide) groups is 1. The molecule has 1 aromatic rings. The Balaban J connectivity index is 1.65. The van der Waals surface area contributed by atoms with Gasteiger partial charge in [-0.2, -0.15) is 0 Å². The first-order valence-electron chi connectivity index (χ1n) is 6.27. The number of hydrogen-bond acceptors (Lipinski definition) is 3. The zero-order valence-corrected chi connectivity index (χ0v) is 17.4. The molecule has 0 aliphatic carbocycles. The second-order valence-corrected chi connectivity index (χ2v) is 33.9. The van der Waals surface area contributed by atoms with Crippen LogP contribution in [0.2, 0.25) is 0 Å². The number of hydrogen-bond donors (Lipinski definition) is 0. The Morgan fingerprint density at radius 2 is 1.79 bits per heavy atom. The van der Waals surface area contributed by atoms with E-state index in [1.807, 2.05) is 0 Å². The first-order chi connectivity index (χ1) is 9.16. The monoisotopic (exact) mass is 539 g/mol. The van der Waals surface area contributed by atoms with Gasteiger partial charge < -0.3 is 0 Å². The Morgan fingerprint density at radius 1 is 1.21 bits per heavy atom. The predicted molar refractivity (Wildman–Crippen MR) is 103 cm³/mol. The standard InChI is InChI=1S/C13H16INS3Te/c14-19(9-11-3-1-2-4-12(11)10-19)18-13(16)15-5-7-17-8-6-15/h1-4H,5-10H2. The molecule has 2 aliphatic rings. The van der Waals surface area contributed by atoms with Gasteiger partial charge in [-0.15, -0.1) is 0 Å². The summed E-state index contributed by atoms with van der Waals surface area (Å²) in [5.74, 6) is 2.48. The first-order valence-corrected chi connectivity index (χ1v) is 21.5. The molecule has 1 fully saturated rings. The summed E-state index contributed by atoms with van der Waals surface area (Å²) in [7, 11) is 2.10. The summed E-state index contributed by atoms with van der Waals surface area (Å²) in [6.07, 6.45) is 0.